The van der Waals surface area contributed by atoms with Crippen LogP contribution in [0.1, 0.15) is 59.8 Å². The molecule has 1 fully saturated rings. The molecule has 0 spiro atoms. The van der Waals surface area contributed by atoms with Crippen molar-refractivity contribution in [1.29, 1.82) is 0 Å². The van der Waals surface area contributed by atoms with E-state index in [1.807, 2.05) is 0 Å². The summed E-state index contributed by atoms with van der Waals surface area (Å²) in [6, 6.07) is 0. The van der Waals surface area contributed by atoms with Gasteiger partial charge < -0.3 is 5.32 Å². The maximum Gasteiger partial charge on any atom is -0.00209 e. The Bertz CT molecular complexity index is 198. The Morgan fingerprint density at radius 2 is 2.00 bits per heavy atom. The molecule has 0 aromatic carbocycles. The zero-order valence-corrected chi connectivity index (χ0v) is 12.0. The van der Waals surface area contributed by atoms with E-state index >= 15 is 0 Å². The van der Waals surface area contributed by atoms with E-state index in [2.05, 4.69) is 40.1 Å². The third-order valence-corrected chi connectivity index (χ3v) is 4.54. The van der Waals surface area contributed by atoms with Gasteiger partial charge in [-0.15, -0.1) is 0 Å². The van der Waals surface area contributed by atoms with Crippen LogP contribution >= 0.6 is 0 Å². The van der Waals surface area contributed by atoms with Gasteiger partial charge >= 0.3 is 0 Å². The summed E-state index contributed by atoms with van der Waals surface area (Å²) in [6.07, 6.45) is 7.05. The van der Waals surface area contributed by atoms with Gasteiger partial charge in [0.05, 0.1) is 0 Å². The molecule has 1 N–H and O–H groups in total. The van der Waals surface area contributed by atoms with Crippen LogP contribution in [0.3, 0.4) is 0 Å². The van der Waals surface area contributed by atoms with Gasteiger partial charge in [-0.25, -0.2) is 0 Å². The highest BCUT2D eigenvalue weighted by atomic mass is 14.8. The van der Waals surface area contributed by atoms with E-state index in [4.69, 9.17) is 0 Å². The first-order valence-corrected chi connectivity index (χ1v) is 7.13. The van der Waals surface area contributed by atoms with Crippen LogP contribution in [0, 0.1) is 23.2 Å². The van der Waals surface area contributed by atoms with E-state index in [0.717, 1.165) is 17.8 Å². The average molecular weight is 225 g/mol. The van der Waals surface area contributed by atoms with Gasteiger partial charge in [-0.05, 0) is 62.4 Å². The highest BCUT2D eigenvalue weighted by molar-refractivity contribution is 4.86. The monoisotopic (exact) mass is 225 g/mol. The molecule has 1 heteroatoms. The van der Waals surface area contributed by atoms with Crippen molar-refractivity contribution in [1.82, 2.24) is 5.32 Å². The van der Waals surface area contributed by atoms with Crippen molar-refractivity contribution < 1.29 is 0 Å². The van der Waals surface area contributed by atoms with Crippen LogP contribution in [0.15, 0.2) is 0 Å². The topological polar surface area (TPSA) is 12.0 Å². The SMILES string of the molecule is CCC(C)CC1CC(C)(C)CCC1CNC. The van der Waals surface area contributed by atoms with E-state index in [1.165, 1.54) is 38.6 Å². The minimum Gasteiger partial charge on any atom is -0.319 e. The molecule has 3 atom stereocenters. The largest absolute Gasteiger partial charge is 0.319 e. The zero-order valence-electron chi connectivity index (χ0n) is 12.0. The van der Waals surface area contributed by atoms with Gasteiger partial charge in [-0.2, -0.15) is 0 Å². The van der Waals surface area contributed by atoms with E-state index in [-0.39, 0.29) is 0 Å². The second-order valence-electron chi connectivity index (χ2n) is 6.73. The molecule has 1 rings (SSSR count). The van der Waals surface area contributed by atoms with Crippen LogP contribution in [0.25, 0.3) is 0 Å². The smallest absolute Gasteiger partial charge is 0.00209 e. The van der Waals surface area contributed by atoms with Crippen molar-refractivity contribution >= 4 is 0 Å². The summed E-state index contributed by atoms with van der Waals surface area (Å²) in [6.45, 7) is 10.9. The lowest BCUT2D eigenvalue weighted by Crippen LogP contribution is -2.35. The van der Waals surface area contributed by atoms with Gasteiger partial charge in [-0.1, -0.05) is 34.1 Å². The molecule has 0 bridgehead atoms. The summed E-state index contributed by atoms with van der Waals surface area (Å²) in [4.78, 5) is 0. The van der Waals surface area contributed by atoms with Crippen molar-refractivity contribution in [2.45, 2.75) is 59.8 Å². The predicted molar refractivity (Wildman–Crippen MR) is 72.6 cm³/mol. The first kappa shape index (κ1) is 14.0. The van der Waals surface area contributed by atoms with E-state index in [9.17, 15) is 0 Å². The second kappa shape index (κ2) is 6.05. The van der Waals surface area contributed by atoms with Crippen LogP contribution in [0.5, 0.6) is 0 Å². The van der Waals surface area contributed by atoms with E-state index in [1.54, 1.807) is 0 Å². The van der Waals surface area contributed by atoms with Gasteiger partial charge in [0.1, 0.15) is 0 Å². The Morgan fingerprint density at radius 3 is 2.56 bits per heavy atom. The lowest BCUT2D eigenvalue weighted by molar-refractivity contribution is 0.0993. The Hall–Kier alpha value is -0.0400. The normalized spacial score (nSPS) is 31.3. The van der Waals surface area contributed by atoms with Crippen LogP contribution in [0.2, 0.25) is 0 Å². The fourth-order valence-electron chi connectivity index (χ4n) is 3.28. The van der Waals surface area contributed by atoms with Gasteiger partial charge in [0.25, 0.3) is 0 Å². The molecule has 1 aliphatic carbocycles. The third-order valence-electron chi connectivity index (χ3n) is 4.54. The summed E-state index contributed by atoms with van der Waals surface area (Å²) < 4.78 is 0. The quantitative estimate of drug-likeness (QED) is 0.743. The molecule has 0 aromatic heterocycles. The van der Waals surface area contributed by atoms with Gasteiger partial charge in [-0.3, -0.25) is 0 Å². The molecule has 0 saturated heterocycles. The maximum absolute atomic E-state index is 3.39. The van der Waals surface area contributed by atoms with Crippen molar-refractivity contribution in [3.63, 3.8) is 0 Å². The summed E-state index contributed by atoms with van der Waals surface area (Å²) in [7, 11) is 2.10. The zero-order chi connectivity index (χ0) is 12.2. The molecule has 16 heavy (non-hydrogen) atoms. The minimum absolute atomic E-state index is 0.586. The molecule has 1 aliphatic rings. The number of hydrogen-bond acceptors (Lipinski definition) is 1. The summed E-state index contributed by atoms with van der Waals surface area (Å²) in [5.74, 6) is 2.77. The third kappa shape index (κ3) is 4.08. The summed E-state index contributed by atoms with van der Waals surface area (Å²) in [5.41, 5.74) is 0.586. The number of rotatable bonds is 5. The molecule has 0 aliphatic heterocycles. The lowest BCUT2D eigenvalue weighted by atomic mass is 9.65. The first-order valence-electron chi connectivity index (χ1n) is 7.13. The van der Waals surface area contributed by atoms with Crippen molar-refractivity contribution in [2.75, 3.05) is 13.6 Å². The molecular formula is C15H31N. The fourth-order valence-corrected chi connectivity index (χ4v) is 3.28. The van der Waals surface area contributed by atoms with Gasteiger partial charge in [0.2, 0.25) is 0 Å². The second-order valence-corrected chi connectivity index (χ2v) is 6.73. The summed E-state index contributed by atoms with van der Waals surface area (Å²) >= 11 is 0. The molecule has 3 unspecified atom stereocenters. The highest BCUT2D eigenvalue weighted by Gasteiger charge is 2.34. The molecule has 0 amide bonds. The van der Waals surface area contributed by atoms with Gasteiger partial charge in [0.15, 0.2) is 0 Å². The molecule has 0 radical (unpaired) electrons. The molecule has 96 valence electrons. The Morgan fingerprint density at radius 1 is 1.31 bits per heavy atom. The molecule has 0 heterocycles. The van der Waals surface area contributed by atoms with Crippen LogP contribution in [0.4, 0.5) is 0 Å². The lowest BCUT2D eigenvalue weighted by Gasteiger charge is -2.42. The Kier molecular flexibility index (Phi) is 5.30. The van der Waals surface area contributed by atoms with Crippen LogP contribution in [-0.2, 0) is 0 Å². The standard InChI is InChI=1S/C15H31N/c1-6-12(2)9-14-10-15(3,4)8-7-13(14)11-16-5/h12-14,16H,6-11H2,1-5H3. The Balaban J connectivity index is 2.57. The average Bonchev–Trinajstić information content (AvgIpc) is 2.21. The van der Waals surface area contributed by atoms with Gasteiger partial charge in [0, 0.05) is 0 Å². The predicted octanol–water partition coefficient (Wildman–Crippen LogP) is 4.08. The maximum atomic E-state index is 3.39. The van der Waals surface area contributed by atoms with E-state index in [0.29, 0.717) is 5.41 Å². The molecule has 1 nitrogen and oxygen atoms in total. The Labute approximate surface area is 102 Å². The summed E-state index contributed by atoms with van der Waals surface area (Å²) in [5, 5.41) is 3.39. The molecule has 1 saturated carbocycles. The van der Waals surface area contributed by atoms with Crippen molar-refractivity contribution in [3.05, 3.63) is 0 Å². The molecule has 0 aromatic rings. The van der Waals surface area contributed by atoms with Crippen molar-refractivity contribution in [3.8, 4) is 0 Å². The fraction of sp³-hybridized carbons (Fsp3) is 1.00. The molecular weight excluding hydrogens is 194 g/mol. The van der Waals surface area contributed by atoms with Crippen molar-refractivity contribution in [2.24, 2.45) is 23.2 Å². The van der Waals surface area contributed by atoms with E-state index < -0.39 is 0 Å². The number of hydrogen-bond donors (Lipinski definition) is 1. The first-order chi connectivity index (χ1) is 7.48. The number of nitrogens with one attached hydrogen (secondary N) is 1. The van der Waals surface area contributed by atoms with Crippen LogP contribution < -0.4 is 5.32 Å². The minimum atomic E-state index is 0.586. The van der Waals surface area contributed by atoms with Crippen LogP contribution in [-0.4, -0.2) is 13.6 Å². The highest BCUT2D eigenvalue weighted by Crippen LogP contribution is 2.44.